The number of para-hydroxylation sites is 1. The predicted molar refractivity (Wildman–Crippen MR) is 89.9 cm³/mol. The van der Waals surface area contributed by atoms with Gasteiger partial charge in [-0.1, -0.05) is 31.5 Å². The Bertz CT molecular complexity index is 698. The summed E-state index contributed by atoms with van der Waals surface area (Å²) in [5.41, 5.74) is 1.76. The van der Waals surface area contributed by atoms with Gasteiger partial charge in [0.25, 0.3) is 0 Å². The molecule has 0 aliphatic heterocycles. The van der Waals surface area contributed by atoms with Crippen LogP contribution < -0.4 is 10.6 Å². The lowest BCUT2D eigenvalue weighted by Gasteiger charge is -2.30. The van der Waals surface area contributed by atoms with Crippen LogP contribution in [0.1, 0.15) is 31.7 Å². The van der Waals surface area contributed by atoms with Crippen LogP contribution in [0.3, 0.4) is 0 Å². The zero-order chi connectivity index (χ0) is 16.3. The SMILES string of the molecule is CC1(CO)CCCC1NC(=O)NCc1ccnc2ccccc12. The van der Waals surface area contributed by atoms with Crippen molar-refractivity contribution in [2.24, 2.45) is 5.41 Å². The molecule has 1 aromatic carbocycles. The summed E-state index contributed by atoms with van der Waals surface area (Å²) in [5, 5.41) is 16.5. The van der Waals surface area contributed by atoms with E-state index >= 15 is 0 Å². The topological polar surface area (TPSA) is 74.2 Å². The zero-order valence-electron chi connectivity index (χ0n) is 13.4. The van der Waals surface area contributed by atoms with Gasteiger partial charge >= 0.3 is 6.03 Å². The van der Waals surface area contributed by atoms with Gasteiger partial charge in [0.15, 0.2) is 0 Å². The first-order chi connectivity index (χ1) is 11.1. The van der Waals surface area contributed by atoms with E-state index in [1.165, 1.54) is 0 Å². The lowest BCUT2D eigenvalue weighted by molar-refractivity contribution is 0.121. The van der Waals surface area contributed by atoms with Gasteiger partial charge in [0.1, 0.15) is 0 Å². The summed E-state index contributed by atoms with van der Waals surface area (Å²) in [4.78, 5) is 16.5. The average Bonchev–Trinajstić information content (AvgIpc) is 2.94. The molecule has 2 atom stereocenters. The second kappa shape index (κ2) is 6.54. The van der Waals surface area contributed by atoms with E-state index in [1.54, 1.807) is 6.20 Å². The van der Waals surface area contributed by atoms with Crippen molar-refractivity contribution < 1.29 is 9.90 Å². The average molecular weight is 313 g/mol. The maximum Gasteiger partial charge on any atom is 0.315 e. The number of hydrogen-bond acceptors (Lipinski definition) is 3. The van der Waals surface area contributed by atoms with Crippen LogP contribution in [0.15, 0.2) is 36.5 Å². The third-order valence-corrected chi connectivity index (χ3v) is 4.93. The molecule has 3 N–H and O–H groups in total. The van der Waals surface area contributed by atoms with Crippen LogP contribution in [-0.2, 0) is 6.54 Å². The molecule has 1 aliphatic rings. The summed E-state index contributed by atoms with van der Waals surface area (Å²) >= 11 is 0. The zero-order valence-corrected chi connectivity index (χ0v) is 13.4. The van der Waals surface area contributed by atoms with Crippen molar-refractivity contribution in [3.63, 3.8) is 0 Å². The first kappa shape index (κ1) is 15.7. The molecule has 2 unspecified atom stereocenters. The fourth-order valence-electron chi connectivity index (χ4n) is 3.36. The van der Waals surface area contributed by atoms with Gasteiger partial charge in [0.2, 0.25) is 0 Å². The Morgan fingerprint density at radius 1 is 1.39 bits per heavy atom. The van der Waals surface area contributed by atoms with Gasteiger partial charge in [-0.2, -0.15) is 0 Å². The van der Waals surface area contributed by atoms with Gasteiger partial charge < -0.3 is 15.7 Å². The normalized spacial score (nSPS) is 23.8. The molecule has 2 amide bonds. The summed E-state index contributed by atoms with van der Waals surface area (Å²) < 4.78 is 0. The molecule has 1 heterocycles. The molecule has 23 heavy (non-hydrogen) atoms. The number of aromatic nitrogens is 1. The molecule has 1 aromatic heterocycles. The highest BCUT2D eigenvalue weighted by Crippen LogP contribution is 2.37. The molecule has 2 aromatic rings. The Labute approximate surface area is 136 Å². The molecule has 5 heteroatoms. The van der Waals surface area contributed by atoms with Crippen molar-refractivity contribution in [3.05, 3.63) is 42.1 Å². The quantitative estimate of drug-likeness (QED) is 0.812. The highest BCUT2D eigenvalue weighted by atomic mass is 16.3. The molecule has 0 spiro atoms. The van der Waals surface area contributed by atoms with Crippen LogP contribution in [-0.4, -0.2) is 28.8 Å². The minimum Gasteiger partial charge on any atom is -0.396 e. The number of aliphatic hydroxyl groups excluding tert-OH is 1. The third-order valence-electron chi connectivity index (χ3n) is 4.93. The lowest BCUT2D eigenvalue weighted by atomic mass is 9.86. The van der Waals surface area contributed by atoms with Crippen molar-refractivity contribution in [1.82, 2.24) is 15.6 Å². The van der Waals surface area contributed by atoms with Crippen LogP contribution in [0.4, 0.5) is 4.79 Å². The molecule has 0 radical (unpaired) electrons. The molecule has 3 rings (SSSR count). The third kappa shape index (κ3) is 3.29. The molecule has 0 saturated heterocycles. The van der Waals surface area contributed by atoms with E-state index < -0.39 is 0 Å². The summed E-state index contributed by atoms with van der Waals surface area (Å²) in [6, 6.07) is 9.67. The van der Waals surface area contributed by atoms with Gasteiger partial charge in [0, 0.05) is 29.6 Å². The monoisotopic (exact) mass is 313 g/mol. The number of carbonyl (C=O) groups excluding carboxylic acids is 1. The Morgan fingerprint density at radius 2 is 2.22 bits per heavy atom. The Balaban J connectivity index is 1.63. The summed E-state index contributed by atoms with van der Waals surface area (Å²) in [6.45, 7) is 2.59. The second-order valence-corrected chi connectivity index (χ2v) is 6.57. The van der Waals surface area contributed by atoms with Gasteiger partial charge in [0.05, 0.1) is 12.1 Å². The lowest BCUT2D eigenvalue weighted by Crippen LogP contribution is -2.48. The van der Waals surface area contributed by atoms with Gasteiger partial charge in [-0.15, -0.1) is 0 Å². The number of amides is 2. The summed E-state index contributed by atoms with van der Waals surface area (Å²) in [5.74, 6) is 0. The molecule has 1 aliphatic carbocycles. The van der Waals surface area contributed by atoms with Crippen LogP contribution in [0, 0.1) is 5.41 Å². The van der Waals surface area contributed by atoms with E-state index in [2.05, 4.69) is 15.6 Å². The number of rotatable bonds is 4. The molecule has 5 nitrogen and oxygen atoms in total. The van der Waals surface area contributed by atoms with E-state index in [4.69, 9.17) is 0 Å². The van der Waals surface area contributed by atoms with Gasteiger partial charge in [-0.05, 0) is 30.5 Å². The largest absolute Gasteiger partial charge is 0.396 e. The standard InChI is InChI=1S/C18H23N3O2/c1-18(12-22)9-4-7-16(18)21-17(23)20-11-13-8-10-19-15-6-3-2-5-14(13)15/h2-3,5-6,8,10,16,22H,4,7,9,11-12H2,1H3,(H2,20,21,23). The number of nitrogens with zero attached hydrogens (tertiary/aromatic N) is 1. The smallest absolute Gasteiger partial charge is 0.315 e. The van der Waals surface area contributed by atoms with Crippen LogP contribution in [0.5, 0.6) is 0 Å². The van der Waals surface area contributed by atoms with E-state index in [0.29, 0.717) is 6.54 Å². The predicted octanol–water partition coefficient (Wildman–Crippen LogP) is 2.59. The van der Waals surface area contributed by atoms with Gasteiger partial charge in [-0.25, -0.2) is 4.79 Å². The number of hydrogen-bond donors (Lipinski definition) is 3. The Hall–Kier alpha value is -2.14. The van der Waals surface area contributed by atoms with E-state index in [-0.39, 0.29) is 24.1 Å². The van der Waals surface area contributed by atoms with Crippen molar-refractivity contribution in [1.29, 1.82) is 0 Å². The number of urea groups is 1. The first-order valence-electron chi connectivity index (χ1n) is 8.10. The Morgan fingerprint density at radius 3 is 3.04 bits per heavy atom. The molecule has 1 fully saturated rings. The number of benzene rings is 1. The van der Waals surface area contributed by atoms with Crippen molar-refractivity contribution >= 4 is 16.9 Å². The second-order valence-electron chi connectivity index (χ2n) is 6.57. The Kier molecular flexibility index (Phi) is 4.48. The number of aliphatic hydroxyl groups is 1. The highest BCUT2D eigenvalue weighted by Gasteiger charge is 2.39. The number of pyridine rings is 1. The summed E-state index contributed by atoms with van der Waals surface area (Å²) in [6.07, 6.45) is 4.67. The minimum absolute atomic E-state index is 0.0293. The summed E-state index contributed by atoms with van der Waals surface area (Å²) in [7, 11) is 0. The number of fused-ring (bicyclic) bond motifs is 1. The van der Waals surface area contributed by atoms with Crippen molar-refractivity contribution in [3.8, 4) is 0 Å². The molecular formula is C18H23N3O2. The fraction of sp³-hybridized carbons (Fsp3) is 0.444. The molecule has 1 saturated carbocycles. The van der Waals surface area contributed by atoms with E-state index in [9.17, 15) is 9.90 Å². The van der Waals surface area contributed by atoms with Crippen LogP contribution in [0.2, 0.25) is 0 Å². The maximum absolute atomic E-state index is 12.2. The number of nitrogens with one attached hydrogen (secondary N) is 2. The van der Waals surface area contributed by atoms with Crippen molar-refractivity contribution in [2.45, 2.75) is 38.8 Å². The van der Waals surface area contributed by atoms with Crippen LogP contribution in [0.25, 0.3) is 10.9 Å². The molecule has 122 valence electrons. The van der Waals surface area contributed by atoms with E-state index in [1.807, 2.05) is 37.3 Å². The maximum atomic E-state index is 12.2. The minimum atomic E-state index is -0.208. The first-order valence-corrected chi connectivity index (χ1v) is 8.10. The molecule has 0 bridgehead atoms. The molecular weight excluding hydrogens is 290 g/mol. The van der Waals surface area contributed by atoms with Crippen LogP contribution >= 0.6 is 0 Å². The highest BCUT2D eigenvalue weighted by molar-refractivity contribution is 5.82. The number of carbonyl (C=O) groups is 1. The fourth-order valence-corrected chi connectivity index (χ4v) is 3.36. The van der Waals surface area contributed by atoms with Gasteiger partial charge in [-0.3, -0.25) is 4.98 Å². The van der Waals surface area contributed by atoms with E-state index in [0.717, 1.165) is 35.7 Å². The van der Waals surface area contributed by atoms with Crippen molar-refractivity contribution in [2.75, 3.05) is 6.61 Å².